The average molecular weight is 1020 g/mol. The molecule has 1 aliphatic rings. The number of aliphatic hydroxyl groups is 3. The van der Waals surface area contributed by atoms with Crippen molar-refractivity contribution in [1.82, 2.24) is 30.2 Å². The van der Waals surface area contributed by atoms with Gasteiger partial charge in [-0.3, -0.25) is 32.5 Å². The van der Waals surface area contributed by atoms with Crippen LogP contribution in [0.2, 0.25) is 0 Å². The number of imidazole rings is 1. The van der Waals surface area contributed by atoms with Gasteiger partial charge in [0.1, 0.15) is 36.3 Å². The first-order valence-electron chi connectivity index (χ1n) is 21.7. The van der Waals surface area contributed by atoms with Crippen molar-refractivity contribution >= 4 is 69.1 Å². The minimum absolute atomic E-state index is 0.0302. The van der Waals surface area contributed by atoms with Crippen LogP contribution in [0.3, 0.4) is 0 Å². The number of nitrogens with two attached hydrogens (primary N) is 1. The Bertz CT molecular complexity index is 2000. The van der Waals surface area contributed by atoms with Crippen LogP contribution in [-0.4, -0.2) is 134 Å². The second-order valence-corrected chi connectivity index (χ2v) is 21.8. The fourth-order valence-electron chi connectivity index (χ4n) is 6.67. The van der Waals surface area contributed by atoms with Gasteiger partial charge < -0.3 is 56.0 Å². The lowest BCUT2D eigenvalue weighted by atomic mass is 9.87. The summed E-state index contributed by atoms with van der Waals surface area (Å²) >= 11 is 1.13. The lowest BCUT2D eigenvalue weighted by molar-refractivity contribution is -0.137. The fourth-order valence-corrected chi connectivity index (χ4v) is 10.2. The second-order valence-electron chi connectivity index (χ2n) is 16.5. The number of unbranched alkanes of at least 4 members (excludes halogenated alkanes) is 8. The van der Waals surface area contributed by atoms with E-state index in [1.165, 1.54) is 33.1 Å². The molecule has 25 nitrogen and oxygen atoms in total. The number of amides is 2. The van der Waals surface area contributed by atoms with Gasteiger partial charge in [-0.1, -0.05) is 90.3 Å². The molecule has 0 spiro atoms. The van der Waals surface area contributed by atoms with Crippen molar-refractivity contribution in [3.8, 4) is 0 Å². The number of aliphatic hydroxyl groups excluding tert-OH is 3. The van der Waals surface area contributed by atoms with Gasteiger partial charge in [0.15, 0.2) is 22.8 Å². The lowest BCUT2D eigenvalue weighted by Crippen LogP contribution is -2.46. The molecule has 11 N–H and O–H groups in total. The standard InChI is InChI=1S/C37H66N7O18P3S/c1-4-5-6-11-14-25(45)15-12-9-7-8-10-13-16-28(47)66-20-19-39-27(46)17-18-40-35(50)32(49)37(2,3)22-59-65(56,57)62-64(54,55)58-21-26-31(61-63(51,52)53)30(48)36(60-26)44-24-43-29-33(38)41-23-42-34(29)44/h23-26,30-32,36,45,48-49H,4-22H2,1-3H3,(H,39,46)(H,40,50)(H,54,55)(H,56,57)(H2,38,41,42)(H2,51,52,53). The van der Waals surface area contributed by atoms with E-state index in [-0.39, 0.29) is 47.7 Å². The Kier molecular flexibility index (Phi) is 24.2. The predicted octanol–water partition coefficient (Wildman–Crippen LogP) is 3.12. The molecule has 1 saturated heterocycles. The zero-order valence-corrected chi connectivity index (χ0v) is 40.8. The summed E-state index contributed by atoms with van der Waals surface area (Å²) in [4.78, 5) is 88.3. The zero-order chi connectivity index (χ0) is 49.1. The maximum absolute atomic E-state index is 12.7. The smallest absolute Gasteiger partial charge is 0.393 e. The van der Waals surface area contributed by atoms with Crippen molar-refractivity contribution in [3.63, 3.8) is 0 Å². The van der Waals surface area contributed by atoms with Gasteiger partial charge in [-0.25, -0.2) is 28.6 Å². The molecule has 29 heteroatoms. The lowest BCUT2D eigenvalue weighted by Gasteiger charge is -2.30. The van der Waals surface area contributed by atoms with Crippen LogP contribution in [0.15, 0.2) is 12.7 Å². The number of phosphoric ester groups is 3. The molecule has 1 fully saturated rings. The first-order chi connectivity index (χ1) is 30.9. The number of nitrogen functional groups attached to an aromatic ring is 1. The largest absolute Gasteiger partial charge is 0.481 e. The van der Waals surface area contributed by atoms with Gasteiger partial charge in [-0.2, -0.15) is 4.31 Å². The molecule has 0 bridgehead atoms. The van der Waals surface area contributed by atoms with E-state index in [1.807, 2.05) is 0 Å². The number of carbonyl (C=O) groups is 3. The molecule has 3 rings (SSSR count). The highest BCUT2D eigenvalue weighted by Gasteiger charge is 2.50. The van der Waals surface area contributed by atoms with Crippen molar-refractivity contribution in [2.24, 2.45) is 5.41 Å². The van der Waals surface area contributed by atoms with E-state index >= 15 is 0 Å². The number of ether oxygens (including phenoxy) is 1. The van der Waals surface area contributed by atoms with Crippen LogP contribution in [0.4, 0.5) is 5.82 Å². The second kappa shape index (κ2) is 27.6. The van der Waals surface area contributed by atoms with Crippen molar-refractivity contribution in [2.45, 2.75) is 147 Å². The molecule has 8 unspecified atom stereocenters. The normalized spacial score (nSPS) is 20.7. The summed E-state index contributed by atoms with van der Waals surface area (Å²) in [6, 6.07) is 0. The molecule has 0 saturated carbocycles. The van der Waals surface area contributed by atoms with Gasteiger partial charge in [0.2, 0.25) is 11.8 Å². The summed E-state index contributed by atoms with van der Waals surface area (Å²) in [5.41, 5.74) is 4.27. The Morgan fingerprint density at radius 1 is 0.894 bits per heavy atom. The first kappa shape index (κ1) is 57.8. The Labute approximate surface area is 387 Å². The SMILES string of the molecule is CCCCCCC(O)CCCCCCCCC(=O)SCCNC(=O)CCNC(=O)C(O)C(C)(C)COP(=O)(O)OP(=O)(O)OCC1OC(n2cnc3c(N)ncnc32)C(O)C1OP(=O)(O)O. The van der Waals surface area contributed by atoms with Crippen LogP contribution in [0, 0.1) is 5.41 Å². The van der Waals surface area contributed by atoms with E-state index in [4.69, 9.17) is 19.5 Å². The van der Waals surface area contributed by atoms with Crippen LogP contribution in [-0.2, 0) is 50.7 Å². The van der Waals surface area contributed by atoms with Crippen molar-refractivity contribution in [3.05, 3.63) is 12.7 Å². The Hall–Kier alpha value is -2.48. The number of hydrogen-bond donors (Lipinski definition) is 10. The third-order valence-corrected chi connectivity index (χ3v) is 14.4. The maximum Gasteiger partial charge on any atom is 0.481 e. The molecule has 2 aromatic heterocycles. The minimum atomic E-state index is -5.58. The monoisotopic (exact) mass is 1020 g/mol. The number of nitrogens with one attached hydrogen (secondary N) is 2. The van der Waals surface area contributed by atoms with E-state index < -0.39 is 84.6 Å². The Morgan fingerprint density at radius 2 is 1.53 bits per heavy atom. The quantitative estimate of drug-likeness (QED) is 0.0362. The van der Waals surface area contributed by atoms with Gasteiger partial charge in [-0.05, 0) is 19.3 Å². The molecule has 8 atom stereocenters. The van der Waals surface area contributed by atoms with E-state index in [0.29, 0.717) is 12.2 Å². The number of rotatable bonds is 33. The molecular formula is C37H66N7O18P3S. The number of carbonyl (C=O) groups excluding carboxylic acids is 3. The highest BCUT2D eigenvalue weighted by atomic mass is 32.2. The van der Waals surface area contributed by atoms with Gasteiger partial charge in [0, 0.05) is 37.1 Å². The van der Waals surface area contributed by atoms with Crippen LogP contribution in [0.25, 0.3) is 11.2 Å². The minimum Gasteiger partial charge on any atom is -0.393 e. The summed E-state index contributed by atoms with van der Waals surface area (Å²) in [6.07, 6.45) is 5.59. The average Bonchev–Trinajstić information content (AvgIpc) is 3.80. The number of phosphoric acid groups is 3. The summed E-state index contributed by atoms with van der Waals surface area (Å²) < 4.78 is 62.4. The van der Waals surface area contributed by atoms with Gasteiger partial charge >= 0.3 is 23.5 Å². The highest BCUT2D eigenvalue weighted by Crippen LogP contribution is 2.61. The van der Waals surface area contributed by atoms with Crippen molar-refractivity contribution in [2.75, 3.05) is 37.8 Å². The third kappa shape index (κ3) is 20.6. The molecule has 66 heavy (non-hydrogen) atoms. The van der Waals surface area contributed by atoms with Crippen molar-refractivity contribution in [1.29, 1.82) is 0 Å². The molecule has 1 aliphatic heterocycles. The summed E-state index contributed by atoms with van der Waals surface area (Å²) in [7, 11) is -16.4. The maximum atomic E-state index is 12.7. The number of thioether (sulfide) groups is 1. The third-order valence-electron chi connectivity index (χ3n) is 10.3. The molecule has 0 aliphatic carbocycles. The molecule has 0 radical (unpaired) electrons. The van der Waals surface area contributed by atoms with Crippen LogP contribution < -0.4 is 16.4 Å². The van der Waals surface area contributed by atoms with Gasteiger partial charge in [0.25, 0.3) is 0 Å². The Balaban J connectivity index is 1.32. The number of fused-ring (bicyclic) bond motifs is 1. The topological polar surface area (TPSA) is 384 Å². The molecule has 2 amide bonds. The van der Waals surface area contributed by atoms with E-state index in [9.17, 15) is 63.0 Å². The summed E-state index contributed by atoms with van der Waals surface area (Å²) in [5.74, 6) is -1.07. The molecule has 2 aromatic rings. The van der Waals surface area contributed by atoms with Crippen molar-refractivity contribution < 1.29 is 85.6 Å². The van der Waals surface area contributed by atoms with E-state index in [0.717, 1.165) is 86.8 Å². The highest BCUT2D eigenvalue weighted by molar-refractivity contribution is 8.13. The van der Waals surface area contributed by atoms with Gasteiger partial charge in [0.05, 0.1) is 25.6 Å². The zero-order valence-electron chi connectivity index (χ0n) is 37.3. The van der Waals surface area contributed by atoms with E-state index in [1.54, 1.807) is 0 Å². The fraction of sp³-hybridized carbons (Fsp3) is 0.784. The van der Waals surface area contributed by atoms with Gasteiger partial charge in [-0.15, -0.1) is 0 Å². The predicted molar refractivity (Wildman–Crippen MR) is 239 cm³/mol. The molecular weight excluding hydrogens is 955 g/mol. The first-order valence-corrected chi connectivity index (χ1v) is 27.2. The van der Waals surface area contributed by atoms with E-state index in [2.05, 4.69) is 41.3 Å². The number of hydrogen-bond acceptors (Lipinski definition) is 19. The van der Waals surface area contributed by atoms with Crippen LogP contribution in [0.5, 0.6) is 0 Å². The summed E-state index contributed by atoms with van der Waals surface area (Å²) in [5, 5.41) is 36.7. The summed E-state index contributed by atoms with van der Waals surface area (Å²) in [6.45, 7) is 2.69. The molecule has 3 heterocycles. The molecule has 378 valence electrons. The number of aromatic nitrogens is 4. The molecule has 0 aromatic carbocycles. The number of nitrogens with zero attached hydrogens (tertiary/aromatic N) is 4. The van der Waals surface area contributed by atoms with Crippen LogP contribution >= 0.6 is 35.2 Å². The Morgan fingerprint density at radius 3 is 2.20 bits per heavy atom. The van der Waals surface area contributed by atoms with Crippen LogP contribution in [0.1, 0.15) is 117 Å². The number of anilines is 1.